The molecule has 0 radical (unpaired) electrons. The summed E-state index contributed by atoms with van der Waals surface area (Å²) in [5, 5.41) is 2.96. The van der Waals surface area contributed by atoms with Crippen LogP contribution >= 0.6 is 0 Å². The molecule has 0 aliphatic carbocycles. The van der Waals surface area contributed by atoms with E-state index in [-0.39, 0.29) is 29.1 Å². The van der Waals surface area contributed by atoms with Crippen LogP contribution in [0, 0.1) is 12.7 Å². The molecule has 0 bridgehead atoms. The van der Waals surface area contributed by atoms with Gasteiger partial charge in [-0.1, -0.05) is 66.2 Å². The van der Waals surface area contributed by atoms with Crippen molar-refractivity contribution in [1.82, 2.24) is 10.2 Å². The molecule has 46 heavy (non-hydrogen) atoms. The highest BCUT2D eigenvalue weighted by atomic mass is 32.2. The molecule has 0 aliphatic heterocycles. The monoisotopic (exact) mass is 645 g/mol. The summed E-state index contributed by atoms with van der Waals surface area (Å²) in [6.45, 7) is 6.45. The molecule has 0 saturated heterocycles. The van der Waals surface area contributed by atoms with Gasteiger partial charge in [0.15, 0.2) is 0 Å². The number of carbonyl (C=O) groups excluding carboxylic acids is 2. The average molecular weight is 646 g/mol. The lowest BCUT2D eigenvalue weighted by molar-refractivity contribution is -0.140. The van der Waals surface area contributed by atoms with Gasteiger partial charge in [-0.3, -0.25) is 13.9 Å². The zero-order chi connectivity index (χ0) is 33.5. The number of aryl methyl sites for hydroxylation is 1. The molecule has 4 aromatic rings. The summed E-state index contributed by atoms with van der Waals surface area (Å²) in [6, 6.07) is 26.7. The van der Waals surface area contributed by atoms with E-state index in [0.717, 1.165) is 15.4 Å². The second-order valence-corrected chi connectivity index (χ2v) is 13.9. The zero-order valence-electron chi connectivity index (χ0n) is 26.7. The Balaban J connectivity index is 1.82. The Morgan fingerprint density at radius 1 is 0.870 bits per heavy atom. The van der Waals surface area contributed by atoms with E-state index in [0.29, 0.717) is 5.75 Å². The SMILES string of the molecule is COc1ccc(S(=O)(=O)N(CC(=O)N(Cc2ccccc2F)[C@H](Cc2ccccc2)C(=O)NC(C)(C)C)c2ccc(C)cc2)cc1. The fraction of sp³-hybridized carbons (Fsp3) is 0.278. The number of carbonyl (C=O) groups is 2. The number of hydrogen-bond donors (Lipinski definition) is 1. The van der Waals surface area contributed by atoms with E-state index < -0.39 is 45.8 Å². The molecule has 0 aromatic heterocycles. The molecule has 4 rings (SSSR count). The Labute approximate surface area is 270 Å². The minimum Gasteiger partial charge on any atom is -0.497 e. The van der Waals surface area contributed by atoms with Crippen LogP contribution in [0.4, 0.5) is 10.1 Å². The number of amides is 2. The van der Waals surface area contributed by atoms with Gasteiger partial charge in [-0.05, 0) is 75.7 Å². The van der Waals surface area contributed by atoms with Crippen molar-refractivity contribution in [1.29, 1.82) is 0 Å². The van der Waals surface area contributed by atoms with E-state index in [9.17, 15) is 18.0 Å². The number of ether oxygens (including phenoxy) is 1. The van der Waals surface area contributed by atoms with Crippen LogP contribution in [0.1, 0.15) is 37.5 Å². The van der Waals surface area contributed by atoms with Crippen LogP contribution in [0.25, 0.3) is 0 Å². The minimum atomic E-state index is -4.28. The Hall–Kier alpha value is -4.70. The van der Waals surface area contributed by atoms with E-state index in [1.807, 2.05) is 58.0 Å². The Kier molecular flexibility index (Phi) is 10.8. The third-order valence-electron chi connectivity index (χ3n) is 7.32. The number of methoxy groups -OCH3 is 1. The molecule has 0 spiro atoms. The fourth-order valence-corrected chi connectivity index (χ4v) is 6.35. The summed E-state index contributed by atoms with van der Waals surface area (Å²) in [5.41, 5.74) is 1.50. The van der Waals surface area contributed by atoms with Gasteiger partial charge >= 0.3 is 0 Å². The van der Waals surface area contributed by atoms with Gasteiger partial charge in [-0.15, -0.1) is 0 Å². The highest BCUT2D eigenvalue weighted by Crippen LogP contribution is 2.27. The molecule has 242 valence electrons. The van der Waals surface area contributed by atoms with Crippen molar-refractivity contribution in [2.45, 2.75) is 57.1 Å². The molecule has 8 nitrogen and oxygen atoms in total. The molecule has 1 atom stereocenters. The molecule has 1 N–H and O–H groups in total. The third kappa shape index (κ3) is 8.72. The van der Waals surface area contributed by atoms with Crippen LogP contribution in [0.2, 0.25) is 0 Å². The number of nitrogens with one attached hydrogen (secondary N) is 1. The van der Waals surface area contributed by atoms with Gasteiger partial charge in [0.25, 0.3) is 10.0 Å². The summed E-state index contributed by atoms with van der Waals surface area (Å²) in [7, 11) is -2.80. The number of halogens is 1. The highest BCUT2D eigenvalue weighted by Gasteiger charge is 2.36. The molecular formula is C36H40FN3O5S. The number of benzene rings is 4. The molecule has 0 saturated carbocycles. The molecule has 2 amide bonds. The van der Waals surface area contributed by atoms with E-state index in [2.05, 4.69) is 5.32 Å². The molecule has 0 heterocycles. The van der Waals surface area contributed by atoms with Gasteiger partial charge in [0.1, 0.15) is 24.2 Å². The average Bonchev–Trinajstić information content (AvgIpc) is 3.02. The number of sulfonamides is 1. The van der Waals surface area contributed by atoms with Crippen LogP contribution in [-0.2, 0) is 32.6 Å². The van der Waals surface area contributed by atoms with Crippen molar-refractivity contribution in [2.75, 3.05) is 18.0 Å². The molecular weight excluding hydrogens is 605 g/mol. The van der Waals surface area contributed by atoms with E-state index in [4.69, 9.17) is 4.74 Å². The molecule has 4 aromatic carbocycles. The van der Waals surface area contributed by atoms with Gasteiger partial charge in [-0.2, -0.15) is 0 Å². The number of nitrogens with zero attached hydrogens (tertiary/aromatic N) is 2. The number of hydrogen-bond acceptors (Lipinski definition) is 5. The standard InChI is InChI=1S/C36H40FN3O5S/c1-26-15-17-29(18-16-26)40(46(43,44)31-21-19-30(45-5)20-22-31)25-34(41)39(24-28-13-9-10-14-32(28)37)33(35(42)38-36(2,3)4)23-27-11-7-6-8-12-27/h6-22,33H,23-25H2,1-5H3,(H,38,42)/t33-/m1/s1. The lowest BCUT2D eigenvalue weighted by Crippen LogP contribution is -2.56. The van der Waals surface area contributed by atoms with Gasteiger partial charge < -0.3 is 15.0 Å². The van der Waals surface area contributed by atoms with Gasteiger partial charge in [0.05, 0.1) is 17.7 Å². The van der Waals surface area contributed by atoms with Crippen molar-refractivity contribution < 1.29 is 27.1 Å². The fourth-order valence-electron chi connectivity index (χ4n) is 4.93. The summed E-state index contributed by atoms with van der Waals surface area (Å²) in [6.07, 6.45) is 0.124. The second-order valence-electron chi connectivity index (χ2n) is 12.1. The Morgan fingerprint density at radius 2 is 1.48 bits per heavy atom. The first-order chi connectivity index (χ1) is 21.8. The van der Waals surface area contributed by atoms with Crippen LogP contribution in [0.5, 0.6) is 5.75 Å². The first-order valence-corrected chi connectivity index (χ1v) is 16.3. The van der Waals surface area contributed by atoms with Crippen molar-refractivity contribution in [2.24, 2.45) is 0 Å². The van der Waals surface area contributed by atoms with Gasteiger partial charge in [0, 0.05) is 24.1 Å². The van der Waals surface area contributed by atoms with Crippen LogP contribution < -0.4 is 14.4 Å². The summed E-state index contributed by atoms with van der Waals surface area (Å²) in [5.74, 6) is -1.19. The molecule has 10 heteroatoms. The predicted octanol–water partition coefficient (Wildman–Crippen LogP) is 5.89. The third-order valence-corrected chi connectivity index (χ3v) is 9.10. The quantitative estimate of drug-likeness (QED) is 0.207. The molecule has 0 aliphatic rings. The second kappa shape index (κ2) is 14.6. The van der Waals surface area contributed by atoms with Crippen molar-refractivity contribution in [3.8, 4) is 5.75 Å². The van der Waals surface area contributed by atoms with Crippen molar-refractivity contribution in [3.05, 3.63) is 126 Å². The minimum absolute atomic E-state index is 0.0476. The smallest absolute Gasteiger partial charge is 0.264 e. The maximum Gasteiger partial charge on any atom is 0.264 e. The number of rotatable bonds is 12. The van der Waals surface area contributed by atoms with E-state index in [1.54, 1.807) is 42.5 Å². The van der Waals surface area contributed by atoms with Crippen LogP contribution in [-0.4, -0.2) is 50.4 Å². The maximum atomic E-state index is 15.1. The maximum absolute atomic E-state index is 15.1. The highest BCUT2D eigenvalue weighted by molar-refractivity contribution is 7.92. The molecule has 0 unspecified atom stereocenters. The van der Waals surface area contributed by atoms with Gasteiger partial charge in [-0.25, -0.2) is 12.8 Å². The van der Waals surface area contributed by atoms with Crippen LogP contribution in [0.15, 0.2) is 108 Å². The Morgan fingerprint density at radius 3 is 2.07 bits per heavy atom. The van der Waals surface area contributed by atoms with Gasteiger partial charge in [0.2, 0.25) is 11.8 Å². The topological polar surface area (TPSA) is 96.0 Å². The predicted molar refractivity (Wildman–Crippen MR) is 177 cm³/mol. The normalized spacial score (nSPS) is 12.2. The first kappa shape index (κ1) is 34.2. The van der Waals surface area contributed by atoms with Crippen molar-refractivity contribution in [3.63, 3.8) is 0 Å². The largest absolute Gasteiger partial charge is 0.497 e. The lowest BCUT2D eigenvalue weighted by Gasteiger charge is -2.35. The summed E-state index contributed by atoms with van der Waals surface area (Å²) >= 11 is 0. The Bertz CT molecular complexity index is 1740. The van der Waals surface area contributed by atoms with E-state index in [1.165, 1.54) is 42.3 Å². The van der Waals surface area contributed by atoms with E-state index >= 15 is 4.39 Å². The zero-order valence-corrected chi connectivity index (χ0v) is 27.6. The first-order valence-electron chi connectivity index (χ1n) is 14.9. The van der Waals surface area contributed by atoms with Crippen LogP contribution in [0.3, 0.4) is 0 Å². The summed E-state index contributed by atoms with van der Waals surface area (Å²) in [4.78, 5) is 29.6. The molecule has 0 fully saturated rings. The van der Waals surface area contributed by atoms with Crippen molar-refractivity contribution >= 4 is 27.5 Å². The summed E-state index contributed by atoms with van der Waals surface area (Å²) < 4.78 is 49.6. The number of anilines is 1. The lowest BCUT2D eigenvalue weighted by atomic mass is 10.0.